The molecule has 1 amide bonds. The third kappa shape index (κ3) is 5.42. The zero-order valence-corrected chi connectivity index (χ0v) is 17.3. The van der Waals surface area contributed by atoms with Gasteiger partial charge in [0.25, 0.3) is 5.91 Å². The van der Waals surface area contributed by atoms with Crippen LogP contribution in [0.5, 0.6) is 11.5 Å². The summed E-state index contributed by atoms with van der Waals surface area (Å²) in [7, 11) is 2.98. The van der Waals surface area contributed by atoms with Gasteiger partial charge in [-0.2, -0.15) is 0 Å². The van der Waals surface area contributed by atoms with Crippen molar-refractivity contribution in [2.75, 3.05) is 50.7 Å². The van der Waals surface area contributed by atoms with E-state index in [1.807, 2.05) is 24.3 Å². The van der Waals surface area contributed by atoms with Crippen LogP contribution >= 0.6 is 0 Å². The van der Waals surface area contributed by atoms with E-state index in [0.29, 0.717) is 30.4 Å². The van der Waals surface area contributed by atoms with Crippen LogP contribution in [0.15, 0.2) is 42.5 Å². The maximum absolute atomic E-state index is 12.4. The van der Waals surface area contributed by atoms with Crippen LogP contribution in [-0.2, 0) is 14.3 Å². The van der Waals surface area contributed by atoms with Gasteiger partial charge in [-0.15, -0.1) is 0 Å². The summed E-state index contributed by atoms with van der Waals surface area (Å²) in [5.74, 6) is -0.146. The number of methoxy groups -OCH3 is 2. The van der Waals surface area contributed by atoms with Crippen molar-refractivity contribution in [2.45, 2.75) is 13.0 Å². The fourth-order valence-electron chi connectivity index (χ4n) is 3.03. The summed E-state index contributed by atoms with van der Waals surface area (Å²) >= 11 is 0. The summed E-state index contributed by atoms with van der Waals surface area (Å²) in [6, 6.07) is 12.2. The molecule has 160 valence electrons. The van der Waals surface area contributed by atoms with Crippen LogP contribution in [0.4, 0.5) is 11.4 Å². The van der Waals surface area contributed by atoms with E-state index >= 15 is 0 Å². The third-order valence-electron chi connectivity index (χ3n) is 4.75. The second-order valence-corrected chi connectivity index (χ2v) is 6.78. The van der Waals surface area contributed by atoms with Gasteiger partial charge in [0.05, 0.1) is 33.0 Å². The van der Waals surface area contributed by atoms with Crippen molar-refractivity contribution in [3.8, 4) is 11.5 Å². The van der Waals surface area contributed by atoms with Crippen molar-refractivity contribution in [2.24, 2.45) is 0 Å². The van der Waals surface area contributed by atoms with Gasteiger partial charge >= 0.3 is 5.97 Å². The lowest BCUT2D eigenvalue weighted by atomic mass is 10.2. The summed E-state index contributed by atoms with van der Waals surface area (Å²) in [6.07, 6.45) is -0.978. The molecule has 1 saturated heterocycles. The van der Waals surface area contributed by atoms with Gasteiger partial charge in [0, 0.05) is 30.5 Å². The largest absolute Gasteiger partial charge is 0.497 e. The highest BCUT2D eigenvalue weighted by Crippen LogP contribution is 2.23. The first-order chi connectivity index (χ1) is 14.5. The molecule has 2 aromatic carbocycles. The summed E-state index contributed by atoms with van der Waals surface area (Å²) in [5.41, 5.74) is 1.94. The van der Waals surface area contributed by atoms with Gasteiger partial charge in [-0.1, -0.05) is 0 Å². The van der Waals surface area contributed by atoms with Crippen molar-refractivity contribution in [3.63, 3.8) is 0 Å². The molecule has 0 aliphatic carbocycles. The van der Waals surface area contributed by atoms with Gasteiger partial charge in [-0.25, -0.2) is 4.79 Å². The maximum atomic E-state index is 12.4. The Bertz CT molecular complexity index is 855. The molecule has 0 bridgehead atoms. The van der Waals surface area contributed by atoms with E-state index in [4.69, 9.17) is 18.9 Å². The number of nitrogens with one attached hydrogen (secondary N) is 1. The molecular weight excluding hydrogens is 388 g/mol. The Kier molecular flexibility index (Phi) is 7.13. The second kappa shape index (κ2) is 9.98. The van der Waals surface area contributed by atoms with Crippen molar-refractivity contribution >= 4 is 23.3 Å². The molecule has 0 aromatic heterocycles. The Morgan fingerprint density at radius 2 is 1.60 bits per heavy atom. The molecule has 0 unspecified atom stereocenters. The molecule has 0 radical (unpaired) electrons. The maximum Gasteiger partial charge on any atom is 0.339 e. The van der Waals surface area contributed by atoms with Gasteiger partial charge in [-0.3, -0.25) is 4.79 Å². The number of hydrogen-bond acceptors (Lipinski definition) is 7. The Balaban J connectivity index is 1.58. The number of carbonyl (C=O) groups is 2. The minimum absolute atomic E-state index is 0.237. The summed E-state index contributed by atoms with van der Waals surface area (Å²) in [5, 5.41) is 2.77. The van der Waals surface area contributed by atoms with Crippen LogP contribution in [0.25, 0.3) is 0 Å². The molecule has 1 aliphatic rings. The number of hydrogen-bond donors (Lipinski definition) is 1. The highest BCUT2D eigenvalue weighted by molar-refractivity contribution is 5.97. The molecule has 1 N–H and O–H groups in total. The zero-order valence-electron chi connectivity index (χ0n) is 17.3. The molecule has 1 fully saturated rings. The van der Waals surface area contributed by atoms with Crippen LogP contribution in [0.1, 0.15) is 17.3 Å². The Labute approximate surface area is 175 Å². The van der Waals surface area contributed by atoms with Crippen LogP contribution in [0.3, 0.4) is 0 Å². The lowest BCUT2D eigenvalue weighted by molar-refractivity contribution is -0.123. The van der Waals surface area contributed by atoms with Crippen LogP contribution < -0.4 is 19.7 Å². The smallest absolute Gasteiger partial charge is 0.339 e. The molecule has 1 heterocycles. The first-order valence-corrected chi connectivity index (χ1v) is 9.68. The molecule has 30 heavy (non-hydrogen) atoms. The number of carbonyl (C=O) groups excluding carboxylic acids is 2. The Morgan fingerprint density at radius 3 is 2.17 bits per heavy atom. The van der Waals surface area contributed by atoms with Gasteiger partial charge in [0.1, 0.15) is 11.5 Å². The fourth-order valence-corrected chi connectivity index (χ4v) is 3.03. The molecular formula is C22H26N2O6. The predicted molar refractivity (Wildman–Crippen MR) is 113 cm³/mol. The van der Waals surface area contributed by atoms with Crippen LogP contribution in [0.2, 0.25) is 0 Å². The summed E-state index contributed by atoms with van der Waals surface area (Å²) in [4.78, 5) is 27.1. The first-order valence-electron chi connectivity index (χ1n) is 9.68. The van der Waals surface area contributed by atoms with Gasteiger partial charge < -0.3 is 29.2 Å². The van der Waals surface area contributed by atoms with Crippen LogP contribution in [0, 0.1) is 0 Å². The number of benzene rings is 2. The molecule has 0 spiro atoms. The highest BCUT2D eigenvalue weighted by Gasteiger charge is 2.20. The highest BCUT2D eigenvalue weighted by atomic mass is 16.5. The number of esters is 1. The van der Waals surface area contributed by atoms with Crippen molar-refractivity contribution < 1.29 is 28.5 Å². The van der Waals surface area contributed by atoms with Gasteiger partial charge in [0.2, 0.25) is 0 Å². The van der Waals surface area contributed by atoms with E-state index in [1.165, 1.54) is 33.3 Å². The number of morpholine rings is 1. The van der Waals surface area contributed by atoms with E-state index < -0.39 is 18.0 Å². The van der Waals surface area contributed by atoms with Crippen molar-refractivity contribution in [1.82, 2.24) is 0 Å². The van der Waals surface area contributed by atoms with Crippen molar-refractivity contribution in [3.05, 3.63) is 48.0 Å². The number of amides is 1. The molecule has 8 nitrogen and oxygen atoms in total. The standard InChI is InChI=1S/C22H26N2O6/c1-15(30-22(26)16-12-19(27-2)14-20(13-16)28-3)21(25)23-17-4-6-18(7-5-17)24-8-10-29-11-9-24/h4-7,12-15H,8-11H2,1-3H3,(H,23,25)/t15-/m1/s1. The monoisotopic (exact) mass is 414 g/mol. The summed E-state index contributed by atoms with van der Waals surface area (Å²) < 4.78 is 21.0. The average Bonchev–Trinajstić information content (AvgIpc) is 2.79. The second-order valence-electron chi connectivity index (χ2n) is 6.78. The zero-order chi connectivity index (χ0) is 21.5. The number of rotatable bonds is 7. The van der Waals surface area contributed by atoms with E-state index in [2.05, 4.69) is 10.2 Å². The van der Waals surface area contributed by atoms with E-state index in [1.54, 1.807) is 6.07 Å². The molecule has 1 atom stereocenters. The Morgan fingerprint density at radius 1 is 1.00 bits per heavy atom. The van der Waals surface area contributed by atoms with E-state index in [9.17, 15) is 9.59 Å². The van der Waals surface area contributed by atoms with E-state index in [-0.39, 0.29) is 5.56 Å². The van der Waals surface area contributed by atoms with Gasteiger partial charge in [-0.05, 0) is 43.3 Å². The molecule has 1 aliphatic heterocycles. The molecule has 0 saturated carbocycles. The predicted octanol–water partition coefficient (Wildman–Crippen LogP) is 2.72. The van der Waals surface area contributed by atoms with Crippen molar-refractivity contribution in [1.29, 1.82) is 0 Å². The lowest BCUT2D eigenvalue weighted by Crippen LogP contribution is -2.36. The van der Waals surface area contributed by atoms with Gasteiger partial charge in [0.15, 0.2) is 6.10 Å². The minimum atomic E-state index is -0.978. The SMILES string of the molecule is COc1cc(OC)cc(C(=O)O[C@H](C)C(=O)Nc2ccc(N3CCOCC3)cc2)c1. The third-order valence-corrected chi connectivity index (χ3v) is 4.75. The minimum Gasteiger partial charge on any atom is -0.497 e. The lowest BCUT2D eigenvalue weighted by Gasteiger charge is -2.28. The average molecular weight is 414 g/mol. The Hall–Kier alpha value is -3.26. The fraction of sp³-hybridized carbons (Fsp3) is 0.364. The number of anilines is 2. The quantitative estimate of drug-likeness (QED) is 0.697. The number of nitrogens with zero attached hydrogens (tertiary/aromatic N) is 1. The molecule has 8 heteroatoms. The number of ether oxygens (including phenoxy) is 4. The summed E-state index contributed by atoms with van der Waals surface area (Å²) in [6.45, 7) is 4.62. The normalized spacial score (nSPS) is 14.6. The molecule has 3 rings (SSSR count). The van der Waals surface area contributed by atoms with Crippen LogP contribution in [-0.4, -0.2) is 58.5 Å². The van der Waals surface area contributed by atoms with E-state index in [0.717, 1.165) is 18.8 Å². The topological polar surface area (TPSA) is 86.3 Å². The first kappa shape index (κ1) is 21.4. The molecule has 2 aromatic rings.